The van der Waals surface area contributed by atoms with Gasteiger partial charge < -0.3 is 9.47 Å². The highest BCUT2D eigenvalue weighted by Gasteiger charge is 2.41. The molecule has 0 bridgehead atoms. The molecule has 1 heterocycles. The van der Waals surface area contributed by atoms with Crippen molar-refractivity contribution in [3.05, 3.63) is 88.4 Å². The predicted molar refractivity (Wildman–Crippen MR) is 113 cm³/mol. The van der Waals surface area contributed by atoms with Gasteiger partial charge in [0, 0.05) is 42.7 Å². The van der Waals surface area contributed by atoms with E-state index in [4.69, 9.17) is 9.47 Å². The summed E-state index contributed by atoms with van der Waals surface area (Å²) in [6.45, 7) is 0.470. The minimum Gasteiger partial charge on any atom is -0.489 e. The van der Waals surface area contributed by atoms with Crippen LogP contribution in [0.2, 0.25) is 0 Å². The number of carbonyl (C=O) groups is 2. The molecule has 30 heavy (non-hydrogen) atoms. The van der Waals surface area contributed by atoms with E-state index in [1.54, 1.807) is 0 Å². The Morgan fingerprint density at radius 3 is 2.13 bits per heavy atom. The van der Waals surface area contributed by atoms with Crippen LogP contribution in [0.5, 0.6) is 5.75 Å². The standard InChI is InChI=1S/C26H24O4/c27-20-11-5-13-22-25(20)24(26-21(28)12-6-14-23(26)30-22)18-9-4-10-19(15-18)29-16-17-7-2-1-3-8-17/h1-4,7-10,15,24H,5-6,11-14,16H2. The van der Waals surface area contributed by atoms with Gasteiger partial charge in [-0.25, -0.2) is 0 Å². The van der Waals surface area contributed by atoms with Crippen molar-refractivity contribution < 1.29 is 19.1 Å². The first-order chi connectivity index (χ1) is 14.7. The summed E-state index contributed by atoms with van der Waals surface area (Å²) in [4.78, 5) is 25.8. The second kappa shape index (κ2) is 7.94. The van der Waals surface area contributed by atoms with Gasteiger partial charge in [-0.05, 0) is 36.1 Å². The number of ether oxygens (including phenoxy) is 2. The third-order valence-electron chi connectivity index (χ3n) is 6.08. The summed E-state index contributed by atoms with van der Waals surface area (Å²) in [6, 6.07) is 17.8. The van der Waals surface area contributed by atoms with Crippen molar-refractivity contribution in [1.29, 1.82) is 0 Å². The summed E-state index contributed by atoms with van der Waals surface area (Å²) in [5.41, 5.74) is 3.37. The van der Waals surface area contributed by atoms with Crippen LogP contribution in [0.15, 0.2) is 77.3 Å². The molecule has 2 aromatic carbocycles. The van der Waals surface area contributed by atoms with E-state index in [-0.39, 0.29) is 17.5 Å². The van der Waals surface area contributed by atoms with Gasteiger partial charge in [-0.2, -0.15) is 0 Å². The molecule has 3 aliphatic rings. The maximum Gasteiger partial charge on any atom is 0.163 e. The molecule has 0 aromatic heterocycles. The Bertz CT molecular complexity index is 1020. The first kappa shape index (κ1) is 18.9. The van der Waals surface area contributed by atoms with E-state index in [1.807, 2.05) is 54.6 Å². The number of Topliss-reactive ketones (excluding diaryl/α,β-unsaturated/α-hetero) is 2. The van der Waals surface area contributed by atoms with Crippen molar-refractivity contribution in [1.82, 2.24) is 0 Å². The van der Waals surface area contributed by atoms with Crippen molar-refractivity contribution in [3.8, 4) is 5.75 Å². The SMILES string of the molecule is O=C1CCCC2=C1C(c1cccc(OCc3ccccc3)c1)C1=C(CCCC1=O)O2. The molecule has 0 radical (unpaired) electrons. The smallest absolute Gasteiger partial charge is 0.163 e. The van der Waals surface area contributed by atoms with Crippen LogP contribution in [-0.4, -0.2) is 11.6 Å². The van der Waals surface area contributed by atoms with E-state index >= 15 is 0 Å². The van der Waals surface area contributed by atoms with Gasteiger partial charge in [0.25, 0.3) is 0 Å². The Balaban J connectivity index is 1.52. The maximum atomic E-state index is 12.9. The first-order valence-corrected chi connectivity index (χ1v) is 10.7. The van der Waals surface area contributed by atoms with Gasteiger partial charge in [-0.15, -0.1) is 0 Å². The normalized spacial score (nSPS) is 19.3. The number of allylic oxidation sites excluding steroid dienone is 4. The third-order valence-corrected chi connectivity index (χ3v) is 6.08. The number of hydrogen-bond donors (Lipinski definition) is 0. The van der Waals surface area contributed by atoms with Gasteiger partial charge >= 0.3 is 0 Å². The van der Waals surface area contributed by atoms with Gasteiger partial charge in [0.2, 0.25) is 0 Å². The lowest BCUT2D eigenvalue weighted by Gasteiger charge is -2.36. The highest BCUT2D eigenvalue weighted by Crippen LogP contribution is 2.48. The molecule has 1 aliphatic heterocycles. The zero-order valence-electron chi connectivity index (χ0n) is 16.9. The Morgan fingerprint density at radius 2 is 1.47 bits per heavy atom. The Kier molecular flexibility index (Phi) is 4.99. The second-order valence-corrected chi connectivity index (χ2v) is 8.11. The van der Waals surface area contributed by atoms with E-state index in [9.17, 15) is 9.59 Å². The zero-order valence-corrected chi connectivity index (χ0v) is 16.9. The molecule has 0 fully saturated rings. The fourth-order valence-corrected chi connectivity index (χ4v) is 4.68. The van der Waals surface area contributed by atoms with Gasteiger partial charge in [-0.3, -0.25) is 9.59 Å². The average molecular weight is 400 g/mol. The van der Waals surface area contributed by atoms with Gasteiger partial charge in [0.15, 0.2) is 11.6 Å². The highest BCUT2D eigenvalue weighted by molar-refractivity contribution is 6.05. The molecular weight excluding hydrogens is 376 g/mol. The topological polar surface area (TPSA) is 52.6 Å². The lowest BCUT2D eigenvalue weighted by molar-refractivity contribution is -0.117. The maximum absolute atomic E-state index is 12.9. The molecule has 0 saturated carbocycles. The van der Waals surface area contributed by atoms with Crippen LogP contribution in [0.25, 0.3) is 0 Å². The number of rotatable bonds is 4. The Morgan fingerprint density at radius 1 is 0.800 bits per heavy atom. The molecule has 0 spiro atoms. The lowest BCUT2D eigenvalue weighted by atomic mass is 9.73. The molecule has 0 atom stereocenters. The van der Waals surface area contributed by atoms with E-state index < -0.39 is 0 Å². The summed E-state index contributed by atoms with van der Waals surface area (Å²) < 4.78 is 12.1. The van der Waals surface area contributed by atoms with E-state index in [2.05, 4.69) is 0 Å². The summed E-state index contributed by atoms with van der Waals surface area (Å²) in [5, 5.41) is 0. The summed E-state index contributed by atoms with van der Waals surface area (Å²) in [5.74, 6) is 2.12. The molecule has 5 rings (SSSR count). The van der Waals surface area contributed by atoms with Crippen molar-refractivity contribution in [2.45, 2.75) is 51.0 Å². The molecule has 4 nitrogen and oxygen atoms in total. The predicted octanol–water partition coefficient (Wildman–Crippen LogP) is 5.39. The van der Waals surface area contributed by atoms with Crippen LogP contribution in [0.3, 0.4) is 0 Å². The molecule has 0 amide bonds. The lowest BCUT2D eigenvalue weighted by Crippen LogP contribution is -2.30. The van der Waals surface area contributed by atoms with E-state index in [1.165, 1.54) is 0 Å². The molecule has 152 valence electrons. The largest absolute Gasteiger partial charge is 0.489 e. The fraction of sp³-hybridized carbons (Fsp3) is 0.308. The molecule has 2 aromatic rings. The van der Waals surface area contributed by atoms with Crippen LogP contribution < -0.4 is 4.74 Å². The summed E-state index contributed by atoms with van der Waals surface area (Å²) in [6.07, 6.45) is 4.15. The third kappa shape index (κ3) is 3.47. The minimum atomic E-state index is -0.343. The van der Waals surface area contributed by atoms with Crippen molar-refractivity contribution in [2.75, 3.05) is 0 Å². The van der Waals surface area contributed by atoms with Crippen LogP contribution in [0, 0.1) is 0 Å². The number of benzene rings is 2. The van der Waals surface area contributed by atoms with Crippen molar-refractivity contribution in [3.63, 3.8) is 0 Å². The minimum absolute atomic E-state index is 0.0989. The number of carbonyl (C=O) groups excluding carboxylic acids is 2. The monoisotopic (exact) mass is 400 g/mol. The van der Waals surface area contributed by atoms with Crippen LogP contribution in [0.1, 0.15) is 55.6 Å². The average Bonchev–Trinajstić information content (AvgIpc) is 2.78. The molecule has 4 heteroatoms. The summed E-state index contributed by atoms with van der Waals surface area (Å²) >= 11 is 0. The number of hydrogen-bond acceptors (Lipinski definition) is 4. The molecule has 0 unspecified atom stereocenters. The molecule has 0 N–H and O–H groups in total. The fourth-order valence-electron chi connectivity index (χ4n) is 4.68. The van der Waals surface area contributed by atoms with Crippen molar-refractivity contribution in [2.24, 2.45) is 0 Å². The van der Waals surface area contributed by atoms with Crippen LogP contribution in [-0.2, 0) is 20.9 Å². The van der Waals surface area contributed by atoms with Crippen molar-refractivity contribution >= 4 is 11.6 Å². The van der Waals surface area contributed by atoms with Gasteiger partial charge in [-0.1, -0.05) is 42.5 Å². The second-order valence-electron chi connectivity index (χ2n) is 8.11. The molecule has 2 aliphatic carbocycles. The van der Waals surface area contributed by atoms with Crippen LogP contribution in [0.4, 0.5) is 0 Å². The van der Waals surface area contributed by atoms with Gasteiger partial charge in [0.1, 0.15) is 23.9 Å². The Labute approximate surface area is 176 Å². The Hall–Kier alpha value is -3.14. The van der Waals surface area contributed by atoms with E-state index in [0.717, 1.165) is 54.1 Å². The quantitative estimate of drug-likeness (QED) is 0.690. The summed E-state index contributed by atoms with van der Waals surface area (Å²) in [7, 11) is 0. The number of ketones is 2. The van der Waals surface area contributed by atoms with Gasteiger partial charge in [0.05, 0.1) is 0 Å². The van der Waals surface area contributed by atoms with E-state index in [0.29, 0.717) is 30.6 Å². The zero-order chi connectivity index (χ0) is 20.5. The highest BCUT2D eigenvalue weighted by atomic mass is 16.5. The molecule has 0 saturated heterocycles. The first-order valence-electron chi connectivity index (χ1n) is 10.7. The molecular formula is C26H24O4. The van der Waals surface area contributed by atoms with Crippen LogP contribution >= 0.6 is 0 Å².